The van der Waals surface area contributed by atoms with Crippen molar-refractivity contribution in [2.75, 3.05) is 19.7 Å². The zero-order valence-corrected chi connectivity index (χ0v) is 10.9. The van der Waals surface area contributed by atoms with Gasteiger partial charge in [-0.3, -0.25) is 4.98 Å². The first-order valence-electron chi connectivity index (χ1n) is 6.47. The minimum atomic E-state index is 0.0538. The Morgan fingerprint density at radius 2 is 1.88 bits per heavy atom. The van der Waals surface area contributed by atoms with E-state index in [0.717, 1.165) is 32.4 Å². The molecule has 0 amide bonds. The summed E-state index contributed by atoms with van der Waals surface area (Å²) in [6, 6.07) is 4.08. The molecule has 0 spiro atoms. The highest BCUT2D eigenvalue weighted by molar-refractivity contribution is 5.09. The van der Waals surface area contributed by atoms with Gasteiger partial charge < -0.3 is 10.4 Å². The molecule has 0 fully saturated rings. The number of rotatable bonds is 8. The smallest absolute Gasteiger partial charge is 0.0499 e. The fraction of sp³-hybridized carbons (Fsp3) is 0.643. The van der Waals surface area contributed by atoms with Crippen molar-refractivity contribution in [1.82, 2.24) is 10.3 Å². The highest BCUT2D eigenvalue weighted by Gasteiger charge is 2.24. The zero-order valence-electron chi connectivity index (χ0n) is 10.9. The number of hydrogen-bond acceptors (Lipinski definition) is 3. The number of hydrogen-bond donors (Lipinski definition) is 2. The van der Waals surface area contributed by atoms with Gasteiger partial charge in [0.05, 0.1) is 0 Å². The lowest BCUT2D eigenvalue weighted by Gasteiger charge is -2.29. The zero-order chi connectivity index (χ0) is 12.6. The number of aliphatic hydroxyl groups is 1. The molecular formula is C14H24N2O. The van der Waals surface area contributed by atoms with E-state index in [1.165, 1.54) is 5.56 Å². The van der Waals surface area contributed by atoms with Crippen molar-refractivity contribution in [3.8, 4) is 0 Å². The van der Waals surface area contributed by atoms with Crippen molar-refractivity contribution in [3.63, 3.8) is 0 Å². The summed E-state index contributed by atoms with van der Waals surface area (Å²) < 4.78 is 0. The van der Waals surface area contributed by atoms with Crippen molar-refractivity contribution >= 4 is 0 Å². The standard InChI is InChI=1S/C14H24N2O/c1-3-14(4-2,12-17)11-16-10-7-13-5-8-15-9-6-13/h5-6,8-9,16-17H,3-4,7,10-12H2,1-2H3. The number of nitrogens with one attached hydrogen (secondary N) is 1. The second-order valence-corrected chi connectivity index (χ2v) is 4.65. The lowest BCUT2D eigenvalue weighted by Crippen LogP contribution is -2.37. The molecule has 96 valence electrons. The van der Waals surface area contributed by atoms with Gasteiger partial charge in [-0.2, -0.15) is 0 Å². The summed E-state index contributed by atoms with van der Waals surface area (Å²) in [4.78, 5) is 4.00. The Kier molecular flexibility index (Phi) is 6.16. The molecule has 1 rings (SSSR count). The lowest BCUT2D eigenvalue weighted by atomic mass is 9.83. The van der Waals surface area contributed by atoms with Crippen LogP contribution in [0.25, 0.3) is 0 Å². The Hall–Kier alpha value is -0.930. The van der Waals surface area contributed by atoms with Gasteiger partial charge >= 0.3 is 0 Å². The Morgan fingerprint density at radius 1 is 1.24 bits per heavy atom. The maximum Gasteiger partial charge on any atom is 0.0499 e. The molecule has 0 radical (unpaired) electrons. The van der Waals surface area contributed by atoms with E-state index in [0.29, 0.717) is 0 Å². The first kappa shape index (κ1) is 14.1. The van der Waals surface area contributed by atoms with Crippen LogP contribution in [-0.2, 0) is 6.42 Å². The fourth-order valence-electron chi connectivity index (χ4n) is 1.92. The maximum absolute atomic E-state index is 9.44. The van der Waals surface area contributed by atoms with Gasteiger partial charge in [-0.25, -0.2) is 0 Å². The Labute approximate surface area is 104 Å². The molecule has 0 aliphatic heterocycles. The number of aliphatic hydroxyl groups excluding tert-OH is 1. The van der Waals surface area contributed by atoms with E-state index in [-0.39, 0.29) is 12.0 Å². The first-order chi connectivity index (χ1) is 8.26. The summed E-state index contributed by atoms with van der Waals surface area (Å²) in [5.74, 6) is 0. The van der Waals surface area contributed by atoms with Crippen molar-refractivity contribution in [1.29, 1.82) is 0 Å². The summed E-state index contributed by atoms with van der Waals surface area (Å²) in [6.07, 6.45) is 6.69. The summed E-state index contributed by atoms with van der Waals surface area (Å²) in [6.45, 7) is 6.39. The third-order valence-corrected chi connectivity index (χ3v) is 3.68. The van der Waals surface area contributed by atoms with E-state index in [1.807, 2.05) is 24.5 Å². The summed E-state index contributed by atoms with van der Waals surface area (Å²) >= 11 is 0. The molecule has 17 heavy (non-hydrogen) atoms. The number of nitrogens with zero attached hydrogens (tertiary/aromatic N) is 1. The predicted octanol–water partition coefficient (Wildman–Crippen LogP) is 2.01. The number of pyridine rings is 1. The van der Waals surface area contributed by atoms with E-state index < -0.39 is 0 Å². The van der Waals surface area contributed by atoms with Crippen molar-refractivity contribution < 1.29 is 5.11 Å². The topological polar surface area (TPSA) is 45.1 Å². The molecule has 3 heteroatoms. The van der Waals surface area contributed by atoms with Gasteiger partial charge in [-0.1, -0.05) is 13.8 Å². The van der Waals surface area contributed by atoms with Crippen LogP contribution in [0.5, 0.6) is 0 Å². The van der Waals surface area contributed by atoms with E-state index in [2.05, 4.69) is 24.1 Å². The molecule has 1 aromatic heterocycles. The Bertz CT molecular complexity index is 288. The van der Waals surface area contributed by atoms with Crippen LogP contribution in [0.2, 0.25) is 0 Å². The van der Waals surface area contributed by atoms with Gasteiger partial charge in [0, 0.05) is 31.0 Å². The second-order valence-electron chi connectivity index (χ2n) is 4.65. The second kappa shape index (κ2) is 7.41. The molecule has 1 aromatic rings. The first-order valence-corrected chi connectivity index (χ1v) is 6.47. The van der Waals surface area contributed by atoms with E-state index >= 15 is 0 Å². The van der Waals surface area contributed by atoms with Gasteiger partial charge in [0.2, 0.25) is 0 Å². The molecule has 2 N–H and O–H groups in total. The summed E-state index contributed by atoms with van der Waals surface area (Å²) in [5.41, 5.74) is 1.35. The molecule has 0 aliphatic rings. The van der Waals surface area contributed by atoms with Gasteiger partial charge in [0.1, 0.15) is 0 Å². The van der Waals surface area contributed by atoms with Crippen molar-refractivity contribution in [2.45, 2.75) is 33.1 Å². The van der Waals surface area contributed by atoms with E-state index in [9.17, 15) is 5.11 Å². The largest absolute Gasteiger partial charge is 0.396 e. The van der Waals surface area contributed by atoms with Gasteiger partial charge in [0.15, 0.2) is 0 Å². The van der Waals surface area contributed by atoms with Gasteiger partial charge in [0.25, 0.3) is 0 Å². The monoisotopic (exact) mass is 236 g/mol. The Balaban J connectivity index is 2.28. The average molecular weight is 236 g/mol. The molecule has 1 heterocycles. The fourth-order valence-corrected chi connectivity index (χ4v) is 1.92. The van der Waals surface area contributed by atoms with Gasteiger partial charge in [-0.15, -0.1) is 0 Å². The Morgan fingerprint density at radius 3 is 2.41 bits per heavy atom. The molecule has 0 bridgehead atoms. The molecule has 0 unspecified atom stereocenters. The van der Waals surface area contributed by atoms with Crippen molar-refractivity contribution in [2.24, 2.45) is 5.41 Å². The number of aromatic nitrogens is 1. The minimum Gasteiger partial charge on any atom is -0.396 e. The highest BCUT2D eigenvalue weighted by Crippen LogP contribution is 2.24. The summed E-state index contributed by atoms with van der Waals surface area (Å²) in [5, 5.41) is 12.9. The third-order valence-electron chi connectivity index (χ3n) is 3.68. The van der Waals surface area contributed by atoms with Crippen LogP contribution in [0.3, 0.4) is 0 Å². The van der Waals surface area contributed by atoms with Crippen LogP contribution in [0.15, 0.2) is 24.5 Å². The molecular weight excluding hydrogens is 212 g/mol. The van der Waals surface area contributed by atoms with Crippen LogP contribution in [0, 0.1) is 5.41 Å². The van der Waals surface area contributed by atoms with Crippen LogP contribution in [0.1, 0.15) is 32.3 Å². The van der Waals surface area contributed by atoms with Crippen LogP contribution < -0.4 is 5.32 Å². The lowest BCUT2D eigenvalue weighted by molar-refractivity contribution is 0.113. The molecule has 0 saturated carbocycles. The minimum absolute atomic E-state index is 0.0538. The molecule has 0 aliphatic carbocycles. The quantitative estimate of drug-likeness (QED) is 0.679. The molecule has 0 aromatic carbocycles. The molecule has 0 saturated heterocycles. The van der Waals surface area contributed by atoms with Crippen LogP contribution >= 0.6 is 0 Å². The predicted molar refractivity (Wildman–Crippen MR) is 70.9 cm³/mol. The van der Waals surface area contributed by atoms with Crippen molar-refractivity contribution in [3.05, 3.63) is 30.1 Å². The average Bonchev–Trinajstić information content (AvgIpc) is 2.41. The highest BCUT2D eigenvalue weighted by atomic mass is 16.3. The van der Waals surface area contributed by atoms with Crippen LogP contribution in [-0.4, -0.2) is 29.8 Å². The SMILES string of the molecule is CCC(CC)(CO)CNCCc1ccncc1. The van der Waals surface area contributed by atoms with Crippen LogP contribution in [0.4, 0.5) is 0 Å². The normalized spacial score (nSPS) is 11.7. The van der Waals surface area contributed by atoms with E-state index in [4.69, 9.17) is 0 Å². The summed E-state index contributed by atoms with van der Waals surface area (Å²) in [7, 11) is 0. The van der Waals surface area contributed by atoms with Gasteiger partial charge in [-0.05, 0) is 43.5 Å². The maximum atomic E-state index is 9.44. The molecule has 0 atom stereocenters. The van der Waals surface area contributed by atoms with E-state index in [1.54, 1.807) is 0 Å². The third kappa shape index (κ3) is 4.44. The molecule has 3 nitrogen and oxygen atoms in total.